The summed E-state index contributed by atoms with van der Waals surface area (Å²) in [5.74, 6) is -0.269. The van der Waals surface area contributed by atoms with Gasteiger partial charge in [-0.05, 0) is 6.07 Å². The number of hydrogen-bond donors (Lipinski definition) is 1. The minimum atomic E-state index is -0.322. The van der Waals surface area contributed by atoms with E-state index in [1.54, 1.807) is 24.3 Å². The van der Waals surface area contributed by atoms with E-state index < -0.39 is 0 Å². The second-order valence-electron chi connectivity index (χ2n) is 2.48. The van der Waals surface area contributed by atoms with Gasteiger partial charge >= 0.3 is 0 Å². The Morgan fingerprint density at radius 3 is 2.42 bits per heavy atom. The van der Waals surface area contributed by atoms with E-state index in [1.165, 1.54) is 0 Å². The van der Waals surface area contributed by atoms with Gasteiger partial charge in [-0.15, -0.1) is 0 Å². The summed E-state index contributed by atoms with van der Waals surface area (Å²) in [6.07, 6.45) is 0. The van der Waals surface area contributed by atoms with Gasteiger partial charge in [0.2, 0.25) is 0 Å². The first-order chi connectivity index (χ1) is 5.72. The molecule has 0 saturated carbocycles. The lowest BCUT2D eigenvalue weighted by Gasteiger charge is -2.01. The van der Waals surface area contributed by atoms with E-state index in [0.717, 1.165) is 4.42 Å². The molecule has 1 heterocycles. The highest BCUT2D eigenvalue weighted by Crippen LogP contribution is 2.23. The van der Waals surface area contributed by atoms with Crippen molar-refractivity contribution in [1.29, 1.82) is 5.41 Å². The number of carbonyl (C=O) groups excluding carboxylic acids is 1. The minimum Gasteiger partial charge on any atom is -0.283 e. The van der Waals surface area contributed by atoms with E-state index in [0.29, 0.717) is 11.1 Å². The van der Waals surface area contributed by atoms with Crippen molar-refractivity contribution >= 4 is 23.5 Å². The predicted molar refractivity (Wildman–Crippen MR) is 45.3 cm³/mol. The lowest BCUT2D eigenvalue weighted by molar-refractivity contribution is 0.0923. The van der Waals surface area contributed by atoms with E-state index in [-0.39, 0.29) is 11.7 Å². The van der Waals surface area contributed by atoms with Gasteiger partial charge in [-0.25, -0.2) is 0 Å². The highest BCUT2D eigenvalue weighted by Gasteiger charge is 2.30. The molecule has 0 fully saturated rings. The third-order valence-electron chi connectivity index (χ3n) is 1.79. The number of amides is 1. The number of carbonyl (C=O) groups is 1. The molecular formula is C8H5ClN2O. The predicted octanol–water partition coefficient (Wildman–Crippen LogP) is 1.62. The smallest absolute Gasteiger partial charge is 0.274 e. The van der Waals surface area contributed by atoms with Crippen molar-refractivity contribution in [2.75, 3.05) is 0 Å². The molecule has 3 nitrogen and oxygen atoms in total. The summed E-state index contributed by atoms with van der Waals surface area (Å²) < 4.78 is 0.824. The van der Waals surface area contributed by atoms with Crippen molar-refractivity contribution in [3.63, 3.8) is 0 Å². The molecule has 0 spiro atoms. The molecule has 2 rings (SSSR count). The van der Waals surface area contributed by atoms with E-state index in [1.807, 2.05) is 0 Å². The fourth-order valence-electron chi connectivity index (χ4n) is 1.19. The molecule has 0 bridgehead atoms. The third-order valence-corrected chi connectivity index (χ3v) is 2.11. The molecule has 12 heavy (non-hydrogen) atoms. The van der Waals surface area contributed by atoms with Crippen LogP contribution in [0.25, 0.3) is 0 Å². The van der Waals surface area contributed by atoms with E-state index >= 15 is 0 Å². The Balaban J connectivity index is 2.67. The first-order valence-corrected chi connectivity index (χ1v) is 3.74. The number of amidine groups is 1. The van der Waals surface area contributed by atoms with Gasteiger partial charge in [-0.2, -0.15) is 4.42 Å². The molecule has 0 saturated heterocycles. The molecule has 1 aromatic rings. The van der Waals surface area contributed by atoms with Gasteiger partial charge in [0.15, 0.2) is 5.84 Å². The molecular weight excluding hydrogens is 176 g/mol. The number of benzene rings is 1. The molecule has 1 aliphatic heterocycles. The van der Waals surface area contributed by atoms with Gasteiger partial charge in [0.25, 0.3) is 5.91 Å². The van der Waals surface area contributed by atoms with Gasteiger partial charge in [0.05, 0.1) is 5.56 Å². The fraction of sp³-hybridized carbons (Fsp3) is 0. The van der Waals surface area contributed by atoms with E-state index in [4.69, 9.17) is 17.2 Å². The van der Waals surface area contributed by atoms with Crippen LogP contribution in [0.4, 0.5) is 0 Å². The minimum absolute atomic E-state index is 0.0530. The molecule has 0 atom stereocenters. The standard InChI is InChI=1S/C8H5ClN2O/c9-11-7(10)5-3-1-2-4-6(5)8(11)12/h1-4,10H. The summed E-state index contributed by atoms with van der Waals surface area (Å²) in [4.78, 5) is 11.3. The van der Waals surface area contributed by atoms with Gasteiger partial charge in [-0.1, -0.05) is 18.2 Å². The quantitative estimate of drug-likeness (QED) is 0.606. The number of nitrogens with zero attached hydrogens (tertiary/aromatic N) is 1. The zero-order chi connectivity index (χ0) is 8.72. The van der Waals surface area contributed by atoms with Crippen molar-refractivity contribution in [2.24, 2.45) is 0 Å². The van der Waals surface area contributed by atoms with Crippen LogP contribution in [0.5, 0.6) is 0 Å². The van der Waals surface area contributed by atoms with Crippen molar-refractivity contribution in [2.45, 2.75) is 0 Å². The highest BCUT2D eigenvalue weighted by atomic mass is 35.5. The lowest BCUT2D eigenvalue weighted by atomic mass is 10.1. The molecule has 0 aromatic heterocycles. The molecule has 1 aliphatic rings. The largest absolute Gasteiger partial charge is 0.283 e. The average molecular weight is 181 g/mol. The second kappa shape index (κ2) is 2.32. The Kier molecular flexibility index (Phi) is 1.41. The number of nitrogens with one attached hydrogen (secondary N) is 1. The summed E-state index contributed by atoms with van der Waals surface area (Å²) in [5.41, 5.74) is 1.09. The van der Waals surface area contributed by atoms with E-state index in [2.05, 4.69) is 0 Å². The number of rotatable bonds is 0. The van der Waals surface area contributed by atoms with Crippen LogP contribution in [0.2, 0.25) is 0 Å². The SMILES string of the molecule is N=C1c2ccccc2C(=O)N1Cl. The monoisotopic (exact) mass is 180 g/mol. The second-order valence-corrected chi connectivity index (χ2v) is 2.82. The van der Waals surface area contributed by atoms with Crippen LogP contribution in [0.3, 0.4) is 0 Å². The maximum Gasteiger partial charge on any atom is 0.274 e. The average Bonchev–Trinajstić information content (AvgIpc) is 2.33. The molecule has 1 aromatic carbocycles. The fourth-order valence-corrected chi connectivity index (χ4v) is 1.37. The number of hydrogen-bond acceptors (Lipinski definition) is 2. The Hall–Kier alpha value is -1.35. The Morgan fingerprint density at radius 2 is 1.83 bits per heavy atom. The van der Waals surface area contributed by atoms with Crippen molar-refractivity contribution < 1.29 is 4.79 Å². The van der Waals surface area contributed by atoms with Gasteiger partial charge in [0, 0.05) is 17.3 Å². The van der Waals surface area contributed by atoms with Crippen molar-refractivity contribution in [3.05, 3.63) is 35.4 Å². The Bertz CT molecular complexity index is 340. The summed E-state index contributed by atoms with van der Waals surface area (Å²) >= 11 is 5.54. The summed E-state index contributed by atoms with van der Waals surface area (Å²) in [7, 11) is 0. The molecule has 4 heteroatoms. The molecule has 1 N–H and O–H groups in total. The first kappa shape index (κ1) is 7.31. The maximum atomic E-state index is 11.3. The van der Waals surface area contributed by atoms with Crippen LogP contribution >= 0.6 is 11.8 Å². The zero-order valence-electron chi connectivity index (χ0n) is 6.04. The summed E-state index contributed by atoms with van der Waals surface area (Å²) in [5, 5.41) is 7.44. The topological polar surface area (TPSA) is 44.2 Å². The maximum absolute atomic E-state index is 11.3. The van der Waals surface area contributed by atoms with Crippen LogP contribution in [-0.4, -0.2) is 16.2 Å². The highest BCUT2D eigenvalue weighted by molar-refractivity contribution is 6.40. The van der Waals surface area contributed by atoms with Crippen LogP contribution in [0.1, 0.15) is 15.9 Å². The number of fused-ring (bicyclic) bond motifs is 1. The summed E-state index contributed by atoms with van der Waals surface area (Å²) in [6, 6.07) is 6.89. The summed E-state index contributed by atoms with van der Waals surface area (Å²) in [6.45, 7) is 0. The van der Waals surface area contributed by atoms with Gasteiger partial charge in [-0.3, -0.25) is 10.2 Å². The van der Waals surface area contributed by atoms with Crippen molar-refractivity contribution in [3.8, 4) is 0 Å². The van der Waals surface area contributed by atoms with Crippen molar-refractivity contribution in [1.82, 2.24) is 4.42 Å². The van der Waals surface area contributed by atoms with Crippen LogP contribution in [0.15, 0.2) is 24.3 Å². The van der Waals surface area contributed by atoms with E-state index in [9.17, 15) is 4.79 Å². The van der Waals surface area contributed by atoms with Crippen LogP contribution < -0.4 is 0 Å². The molecule has 1 amide bonds. The lowest BCUT2D eigenvalue weighted by Crippen LogP contribution is -2.18. The Morgan fingerprint density at radius 1 is 1.25 bits per heavy atom. The molecule has 0 unspecified atom stereocenters. The van der Waals surface area contributed by atoms with Gasteiger partial charge < -0.3 is 0 Å². The first-order valence-electron chi connectivity index (χ1n) is 3.40. The molecule has 0 radical (unpaired) electrons. The van der Waals surface area contributed by atoms with Crippen LogP contribution in [-0.2, 0) is 0 Å². The normalized spacial score (nSPS) is 15.2. The van der Waals surface area contributed by atoms with Crippen LogP contribution in [0, 0.1) is 5.41 Å². The van der Waals surface area contributed by atoms with Gasteiger partial charge in [0.1, 0.15) is 0 Å². The molecule has 0 aliphatic carbocycles. The zero-order valence-corrected chi connectivity index (χ0v) is 6.80. The Labute approximate surface area is 74.2 Å². The number of halogens is 1. The third kappa shape index (κ3) is 0.769. The molecule has 60 valence electrons.